The van der Waals surface area contributed by atoms with E-state index in [0.29, 0.717) is 11.3 Å². The SMILES string of the molecule is Cc1ccc(C(C)NC(=O)c2ccc(N(C)S(C)(=O)=O)c(C)c2)cc1. The van der Waals surface area contributed by atoms with Crippen LogP contribution in [0.5, 0.6) is 0 Å². The molecule has 0 aliphatic carbocycles. The standard InChI is InChI=1S/C19H24N2O3S/c1-13-6-8-16(9-7-13)15(3)20-19(22)17-10-11-18(14(2)12-17)21(4)25(5,23)24/h6-12,15H,1-5H3,(H,20,22). The summed E-state index contributed by atoms with van der Waals surface area (Å²) < 4.78 is 24.6. The van der Waals surface area contributed by atoms with Gasteiger partial charge in [-0.3, -0.25) is 9.10 Å². The van der Waals surface area contributed by atoms with Crippen molar-refractivity contribution in [3.8, 4) is 0 Å². The van der Waals surface area contributed by atoms with Crippen LogP contribution in [-0.2, 0) is 10.0 Å². The van der Waals surface area contributed by atoms with Gasteiger partial charge in [0.2, 0.25) is 10.0 Å². The molecule has 1 unspecified atom stereocenters. The number of aryl methyl sites for hydroxylation is 2. The normalized spacial score (nSPS) is 12.5. The van der Waals surface area contributed by atoms with Crippen molar-refractivity contribution in [3.05, 3.63) is 64.7 Å². The van der Waals surface area contributed by atoms with Gasteiger partial charge in [-0.15, -0.1) is 0 Å². The molecule has 0 bridgehead atoms. The lowest BCUT2D eigenvalue weighted by Gasteiger charge is -2.20. The quantitative estimate of drug-likeness (QED) is 0.890. The van der Waals surface area contributed by atoms with Crippen molar-refractivity contribution < 1.29 is 13.2 Å². The maximum absolute atomic E-state index is 12.5. The van der Waals surface area contributed by atoms with Crippen LogP contribution in [-0.4, -0.2) is 27.6 Å². The molecule has 2 rings (SSSR count). The maximum Gasteiger partial charge on any atom is 0.251 e. The smallest absolute Gasteiger partial charge is 0.251 e. The molecule has 6 heteroatoms. The van der Waals surface area contributed by atoms with Crippen LogP contribution in [0.1, 0.15) is 40.0 Å². The summed E-state index contributed by atoms with van der Waals surface area (Å²) in [6.07, 6.45) is 1.15. The Morgan fingerprint density at radius 3 is 2.20 bits per heavy atom. The van der Waals surface area contributed by atoms with E-state index in [1.54, 1.807) is 25.1 Å². The number of amides is 1. The molecule has 0 heterocycles. The maximum atomic E-state index is 12.5. The fourth-order valence-electron chi connectivity index (χ4n) is 2.55. The Hall–Kier alpha value is -2.34. The zero-order valence-electron chi connectivity index (χ0n) is 15.2. The first kappa shape index (κ1) is 19.0. The van der Waals surface area contributed by atoms with Crippen LogP contribution in [0.4, 0.5) is 5.69 Å². The molecule has 1 atom stereocenters. The second kappa shape index (κ2) is 7.27. The van der Waals surface area contributed by atoms with Crippen molar-refractivity contribution in [3.63, 3.8) is 0 Å². The van der Waals surface area contributed by atoms with Crippen LogP contribution in [0.3, 0.4) is 0 Å². The fourth-order valence-corrected chi connectivity index (χ4v) is 3.11. The minimum Gasteiger partial charge on any atom is -0.346 e. The third-order valence-corrected chi connectivity index (χ3v) is 5.41. The minimum atomic E-state index is -3.34. The average Bonchev–Trinajstić information content (AvgIpc) is 2.53. The number of anilines is 1. The van der Waals surface area contributed by atoms with Crippen molar-refractivity contribution in [1.29, 1.82) is 0 Å². The van der Waals surface area contributed by atoms with Gasteiger partial charge >= 0.3 is 0 Å². The lowest BCUT2D eigenvalue weighted by Crippen LogP contribution is -2.28. The molecule has 25 heavy (non-hydrogen) atoms. The number of rotatable bonds is 5. The first-order valence-electron chi connectivity index (χ1n) is 8.01. The first-order valence-corrected chi connectivity index (χ1v) is 9.86. The van der Waals surface area contributed by atoms with E-state index < -0.39 is 10.0 Å². The molecular formula is C19H24N2O3S. The van der Waals surface area contributed by atoms with Crippen LogP contribution in [0.15, 0.2) is 42.5 Å². The van der Waals surface area contributed by atoms with Gasteiger partial charge in [0.15, 0.2) is 0 Å². The summed E-state index contributed by atoms with van der Waals surface area (Å²) in [4.78, 5) is 12.5. The second-order valence-electron chi connectivity index (χ2n) is 6.34. The van der Waals surface area contributed by atoms with Crippen molar-refractivity contribution >= 4 is 21.6 Å². The Morgan fingerprint density at radius 1 is 1.08 bits per heavy atom. The predicted octanol–water partition coefficient (Wildman–Crippen LogP) is 3.19. The van der Waals surface area contributed by atoms with Crippen molar-refractivity contribution in [2.24, 2.45) is 0 Å². The monoisotopic (exact) mass is 360 g/mol. The van der Waals surface area contributed by atoms with E-state index in [2.05, 4.69) is 5.32 Å². The number of hydrogen-bond donors (Lipinski definition) is 1. The van der Waals surface area contributed by atoms with Crippen molar-refractivity contribution in [2.75, 3.05) is 17.6 Å². The third-order valence-electron chi connectivity index (χ3n) is 4.22. The van der Waals surface area contributed by atoms with Gasteiger partial charge in [0, 0.05) is 12.6 Å². The fraction of sp³-hybridized carbons (Fsp3) is 0.316. The van der Waals surface area contributed by atoms with E-state index in [1.807, 2.05) is 38.1 Å². The number of nitrogens with one attached hydrogen (secondary N) is 1. The van der Waals surface area contributed by atoms with E-state index in [9.17, 15) is 13.2 Å². The predicted molar refractivity (Wildman–Crippen MR) is 101 cm³/mol. The molecular weight excluding hydrogens is 336 g/mol. The molecule has 0 aliphatic heterocycles. The lowest BCUT2D eigenvalue weighted by atomic mass is 10.1. The van der Waals surface area contributed by atoms with Crippen LogP contribution in [0.25, 0.3) is 0 Å². The highest BCUT2D eigenvalue weighted by atomic mass is 32.2. The molecule has 2 aromatic rings. The highest BCUT2D eigenvalue weighted by molar-refractivity contribution is 7.92. The van der Waals surface area contributed by atoms with Crippen molar-refractivity contribution in [1.82, 2.24) is 5.32 Å². The van der Waals surface area contributed by atoms with E-state index in [4.69, 9.17) is 0 Å². The Bertz CT molecular complexity index is 874. The van der Waals surface area contributed by atoms with Gasteiger partial charge in [0.25, 0.3) is 5.91 Å². The summed E-state index contributed by atoms with van der Waals surface area (Å²) in [5, 5.41) is 2.97. The molecule has 0 aromatic heterocycles. The van der Waals surface area contributed by atoms with E-state index in [-0.39, 0.29) is 11.9 Å². The van der Waals surface area contributed by atoms with Gasteiger partial charge in [-0.05, 0) is 50.1 Å². The third kappa shape index (κ3) is 4.60. The summed E-state index contributed by atoms with van der Waals surface area (Å²) in [7, 11) is -1.84. The Morgan fingerprint density at radius 2 is 1.68 bits per heavy atom. The minimum absolute atomic E-state index is 0.119. The molecule has 2 aromatic carbocycles. The number of benzene rings is 2. The van der Waals surface area contributed by atoms with Gasteiger partial charge in [0.1, 0.15) is 0 Å². The number of sulfonamides is 1. The van der Waals surface area contributed by atoms with Gasteiger partial charge < -0.3 is 5.32 Å². The van der Waals surface area contributed by atoms with Gasteiger partial charge in [-0.2, -0.15) is 0 Å². The molecule has 0 saturated carbocycles. The largest absolute Gasteiger partial charge is 0.346 e. The van der Waals surface area contributed by atoms with Crippen LogP contribution in [0.2, 0.25) is 0 Å². The molecule has 5 nitrogen and oxygen atoms in total. The number of carbonyl (C=O) groups excluding carboxylic acids is 1. The molecule has 0 aliphatic rings. The summed E-state index contributed by atoms with van der Waals surface area (Å²) in [6, 6.07) is 12.9. The molecule has 0 radical (unpaired) electrons. The first-order chi connectivity index (χ1) is 11.6. The van der Waals surface area contributed by atoms with E-state index in [0.717, 1.165) is 17.4 Å². The van der Waals surface area contributed by atoms with Gasteiger partial charge in [0.05, 0.1) is 18.0 Å². The zero-order chi connectivity index (χ0) is 18.8. The number of hydrogen-bond acceptors (Lipinski definition) is 3. The molecule has 134 valence electrons. The summed E-state index contributed by atoms with van der Waals surface area (Å²) in [5.74, 6) is -0.190. The number of nitrogens with zero attached hydrogens (tertiary/aromatic N) is 1. The van der Waals surface area contributed by atoms with Crippen LogP contribution >= 0.6 is 0 Å². The molecule has 0 fully saturated rings. The molecule has 1 amide bonds. The van der Waals surface area contributed by atoms with Crippen molar-refractivity contribution in [2.45, 2.75) is 26.8 Å². The summed E-state index contributed by atoms with van der Waals surface area (Å²) in [5.41, 5.74) is 3.99. The Kier molecular flexibility index (Phi) is 5.52. The van der Waals surface area contributed by atoms with Gasteiger partial charge in [-0.25, -0.2) is 8.42 Å². The molecule has 0 spiro atoms. The average molecular weight is 360 g/mol. The lowest BCUT2D eigenvalue weighted by molar-refractivity contribution is 0.0940. The summed E-state index contributed by atoms with van der Waals surface area (Å²) >= 11 is 0. The topological polar surface area (TPSA) is 66.5 Å². The van der Waals surface area contributed by atoms with Crippen LogP contribution < -0.4 is 9.62 Å². The molecule has 0 saturated heterocycles. The van der Waals surface area contributed by atoms with E-state index >= 15 is 0 Å². The zero-order valence-corrected chi connectivity index (χ0v) is 16.0. The summed E-state index contributed by atoms with van der Waals surface area (Å²) in [6.45, 7) is 5.74. The Labute approximate surface area is 149 Å². The van der Waals surface area contributed by atoms with E-state index in [1.165, 1.54) is 16.9 Å². The Balaban J connectivity index is 2.17. The highest BCUT2D eigenvalue weighted by Gasteiger charge is 2.17. The second-order valence-corrected chi connectivity index (χ2v) is 8.35. The van der Waals surface area contributed by atoms with Crippen LogP contribution in [0, 0.1) is 13.8 Å². The van der Waals surface area contributed by atoms with Gasteiger partial charge in [-0.1, -0.05) is 29.8 Å². The number of carbonyl (C=O) groups is 1. The molecule has 1 N–H and O–H groups in total. The highest BCUT2D eigenvalue weighted by Crippen LogP contribution is 2.22.